The maximum absolute atomic E-state index is 9.68. The lowest BCUT2D eigenvalue weighted by Crippen LogP contribution is -2.09. The van der Waals surface area contributed by atoms with Crippen LogP contribution in [0.15, 0.2) is 229 Å². The van der Waals surface area contributed by atoms with Crippen LogP contribution >= 0.6 is 0 Å². The van der Waals surface area contributed by atoms with Crippen molar-refractivity contribution < 1.29 is 20.9 Å². The lowest BCUT2D eigenvalue weighted by molar-refractivity contribution is 0.669. The predicted octanol–water partition coefficient (Wildman–Crippen LogP) is 16.0. The van der Waals surface area contributed by atoms with Gasteiger partial charge in [0.15, 0.2) is 0 Å². The maximum atomic E-state index is 9.68. The second-order valence-corrected chi connectivity index (χ2v) is 13.9. The van der Waals surface area contributed by atoms with Gasteiger partial charge in [0.05, 0.1) is 16.4 Å². The number of furan rings is 1. The van der Waals surface area contributed by atoms with E-state index in [1.165, 1.54) is 0 Å². The molecule has 0 aliphatic heterocycles. The summed E-state index contributed by atoms with van der Waals surface area (Å²) >= 11 is 0. The molecule has 0 bridgehead atoms. The van der Waals surface area contributed by atoms with Gasteiger partial charge in [0.25, 0.3) is 0 Å². The fourth-order valence-corrected chi connectivity index (χ4v) is 7.72. The number of anilines is 3. The van der Waals surface area contributed by atoms with Crippen molar-refractivity contribution in [3.8, 4) is 44.5 Å². The summed E-state index contributed by atoms with van der Waals surface area (Å²) in [6, 6.07) is 38.7. The molecule has 2 nitrogen and oxygen atoms in total. The Morgan fingerprint density at radius 2 is 0.724 bits per heavy atom. The van der Waals surface area contributed by atoms with Crippen LogP contribution in [-0.2, 0) is 0 Å². The highest BCUT2D eigenvalue weighted by molar-refractivity contribution is 6.12. The second kappa shape index (κ2) is 14.1. The van der Waals surface area contributed by atoms with Crippen LogP contribution in [0.25, 0.3) is 88.0 Å². The molecule has 0 fully saturated rings. The highest BCUT2D eigenvalue weighted by Crippen LogP contribution is 2.41. The van der Waals surface area contributed by atoms with E-state index in [-0.39, 0.29) is 16.7 Å². The molecule has 0 atom stereocenters. The van der Waals surface area contributed by atoms with Gasteiger partial charge in [-0.25, -0.2) is 0 Å². The van der Waals surface area contributed by atoms with E-state index >= 15 is 0 Å². The molecule has 0 radical (unpaired) electrons. The van der Waals surface area contributed by atoms with Gasteiger partial charge in [-0.05, 0) is 114 Å². The Morgan fingerprint density at radius 1 is 0.310 bits per heavy atom. The zero-order valence-corrected chi connectivity index (χ0v) is 30.8. The van der Waals surface area contributed by atoms with Gasteiger partial charge in [-0.2, -0.15) is 0 Å². The molecule has 0 aliphatic rings. The highest BCUT2D eigenvalue weighted by atomic mass is 16.3. The van der Waals surface area contributed by atoms with Crippen molar-refractivity contribution in [3.63, 3.8) is 0 Å². The van der Waals surface area contributed by atoms with Crippen LogP contribution in [0.3, 0.4) is 0 Å². The van der Waals surface area contributed by atoms with Crippen molar-refractivity contribution in [1.29, 1.82) is 0 Å². The van der Waals surface area contributed by atoms with Gasteiger partial charge in [-0.1, -0.05) is 176 Å². The molecule has 0 unspecified atom stereocenters. The lowest BCUT2D eigenvalue weighted by atomic mass is 9.96. The van der Waals surface area contributed by atoms with Gasteiger partial charge in [0.1, 0.15) is 11.2 Å². The van der Waals surface area contributed by atoms with E-state index < -0.39 is 89.6 Å². The molecule has 0 N–H and O–H groups in total. The molecule has 1 aromatic heterocycles. The highest BCUT2D eigenvalue weighted by Gasteiger charge is 2.16. The zero-order chi connectivity index (χ0) is 48.9. The van der Waals surface area contributed by atoms with E-state index in [1.54, 1.807) is 60.7 Å². The van der Waals surface area contributed by atoms with Crippen molar-refractivity contribution in [1.82, 2.24) is 0 Å². The molecule has 2 heteroatoms. The second-order valence-electron chi connectivity index (χ2n) is 13.9. The summed E-state index contributed by atoms with van der Waals surface area (Å²) in [5.74, 6) is 0. The molecule has 0 amide bonds. The molecule has 0 saturated carbocycles. The Morgan fingerprint density at radius 3 is 1.33 bits per heavy atom. The minimum Gasteiger partial charge on any atom is -0.456 e. The van der Waals surface area contributed by atoms with Crippen LogP contribution < -0.4 is 4.90 Å². The van der Waals surface area contributed by atoms with E-state index in [4.69, 9.17) is 4.42 Å². The largest absolute Gasteiger partial charge is 0.456 e. The SMILES string of the molecule is [2H]c1c([2H])c(N(c2c([2H])c([2H])c(-c3cccc4ccccc34)c([2H])c2[2H])c2c([2H])c([2H])c(-c3cccc4oc5ccccc5c34)c([2H])c2[2H])c([2H])c([2H])c1-c1ccc(-c2cccc3ccccc23)cc1. The van der Waals surface area contributed by atoms with Crippen molar-refractivity contribution >= 4 is 60.5 Å². The summed E-state index contributed by atoms with van der Waals surface area (Å²) in [4.78, 5) is 0.847. The summed E-state index contributed by atoms with van der Waals surface area (Å²) in [5.41, 5.74) is 1.91. The van der Waals surface area contributed by atoms with Gasteiger partial charge in [-0.15, -0.1) is 0 Å². The normalized spacial score (nSPS) is 14.3. The number of fused-ring (bicyclic) bond motifs is 5. The van der Waals surface area contributed by atoms with Gasteiger partial charge in [-0.3, -0.25) is 0 Å². The summed E-state index contributed by atoms with van der Waals surface area (Å²) < 4.78 is 121. The van der Waals surface area contributed by atoms with Crippen LogP contribution in [0, 0.1) is 0 Å². The predicted molar refractivity (Wildman–Crippen MR) is 245 cm³/mol. The number of para-hydroxylation sites is 1. The van der Waals surface area contributed by atoms with Gasteiger partial charge < -0.3 is 9.32 Å². The van der Waals surface area contributed by atoms with E-state index in [0.29, 0.717) is 44.0 Å². The Kier molecular flexibility index (Phi) is 5.70. The number of hydrogen-bond acceptors (Lipinski definition) is 2. The summed E-state index contributed by atoms with van der Waals surface area (Å²) in [7, 11) is 0. The number of hydrogen-bond donors (Lipinski definition) is 0. The van der Waals surface area contributed by atoms with Crippen LogP contribution in [0.1, 0.15) is 16.4 Å². The lowest BCUT2D eigenvalue weighted by Gasteiger charge is -2.26. The molecule has 11 aromatic rings. The summed E-state index contributed by atoms with van der Waals surface area (Å²) in [6.45, 7) is 0. The summed E-state index contributed by atoms with van der Waals surface area (Å²) in [5, 5.41) is 4.75. The number of rotatable bonds is 7. The van der Waals surface area contributed by atoms with Crippen molar-refractivity contribution in [2.24, 2.45) is 0 Å². The summed E-state index contributed by atoms with van der Waals surface area (Å²) in [6.07, 6.45) is 0. The Balaban J connectivity index is 1.16. The van der Waals surface area contributed by atoms with Crippen molar-refractivity contribution in [2.75, 3.05) is 4.90 Å². The number of nitrogens with zero attached hydrogens (tertiary/aromatic N) is 1. The average Bonchev–Trinajstić information content (AvgIpc) is 3.77. The zero-order valence-electron chi connectivity index (χ0n) is 42.8. The Hall–Kier alpha value is -7.68. The van der Waals surface area contributed by atoms with Gasteiger partial charge in [0, 0.05) is 27.8 Å². The van der Waals surface area contributed by atoms with Gasteiger partial charge >= 0.3 is 0 Å². The van der Waals surface area contributed by atoms with E-state index in [1.807, 2.05) is 91.0 Å². The van der Waals surface area contributed by atoms with E-state index in [9.17, 15) is 16.4 Å². The average molecular weight is 752 g/mol. The monoisotopic (exact) mass is 751 g/mol. The molecular weight excluding hydrogens is 703 g/mol. The molecule has 10 aromatic carbocycles. The van der Waals surface area contributed by atoms with E-state index in [2.05, 4.69) is 0 Å². The molecule has 0 spiro atoms. The van der Waals surface area contributed by atoms with Crippen molar-refractivity contribution in [3.05, 3.63) is 224 Å². The third-order valence-corrected chi connectivity index (χ3v) is 10.5. The number of benzene rings is 10. The maximum Gasteiger partial charge on any atom is 0.136 e. The molecular formula is C56H37NO. The molecule has 11 rings (SSSR count). The fraction of sp³-hybridized carbons (Fsp3) is 0. The van der Waals surface area contributed by atoms with Crippen LogP contribution in [0.4, 0.5) is 17.1 Å². The first kappa shape index (κ1) is 23.4. The minimum absolute atomic E-state index is 0.0484. The first-order valence-corrected chi connectivity index (χ1v) is 18.9. The van der Waals surface area contributed by atoms with E-state index in [0.717, 1.165) is 32.2 Å². The van der Waals surface area contributed by atoms with Crippen molar-refractivity contribution in [2.45, 2.75) is 0 Å². The minimum atomic E-state index is -0.694. The fourth-order valence-electron chi connectivity index (χ4n) is 7.72. The molecule has 1 heterocycles. The molecule has 58 heavy (non-hydrogen) atoms. The van der Waals surface area contributed by atoms with Crippen LogP contribution in [0.2, 0.25) is 0 Å². The topological polar surface area (TPSA) is 16.4 Å². The third-order valence-electron chi connectivity index (χ3n) is 10.5. The molecule has 0 aliphatic carbocycles. The molecule has 272 valence electrons. The Labute approximate surface area is 354 Å². The quantitative estimate of drug-likeness (QED) is 0.161. The van der Waals surface area contributed by atoms with Crippen LogP contribution in [0.5, 0.6) is 0 Å². The third kappa shape index (κ3) is 5.91. The van der Waals surface area contributed by atoms with Gasteiger partial charge in [0.2, 0.25) is 0 Å². The van der Waals surface area contributed by atoms with Crippen LogP contribution in [-0.4, -0.2) is 0 Å². The smallest absolute Gasteiger partial charge is 0.136 e. The molecule has 0 saturated heterocycles. The first-order chi connectivity index (χ1) is 33.8. The first-order valence-electron chi connectivity index (χ1n) is 24.9. The standard InChI is InChI=1S/C56H37NO/c1-3-14-48-40(10-1)12-7-17-50(48)42-24-22-38(23-25-42)39-26-32-45(33-27-39)57(46-34-28-43(29-35-46)51-18-8-13-41-11-2-4-15-49(41)51)47-36-30-44(31-37-47)52-19-9-21-55-56(52)53-16-5-6-20-54(53)58-55/h1-37H/i26D,27D,28D,29D,30D,31D,32D,33D,34D,35D,36D,37D. The Bertz CT molecular complexity index is 3900.